The molecule has 7 nitrogen and oxygen atoms in total. The lowest BCUT2D eigenvalue weighted by Crippen LogP contribution is -2.45. The molecule has 0 fully saturated rings. The highest BCUT2D eigenvalue weighted by Gasteiger charge is 2.42. The molecule has 3 rings (SSSR count). The van der Waals surface area contributed by atoms with Crippen LogP contribution in [0.15, 0.2) is 42.5 Å². The second-order valence-corrected chi connectivity index (χ2v) is 7.18. The van der Waals surface area contributed by atoms with Crippen molar-refractivity contribution in [2.45, 2.75) is 18.4 Å². The summed E-state index contributed by atoms with van der Waals surface area (Å²) in [5, 5.41) is 3.00. The Hall–Kier alpha value is -3.06. The van der Waals surface area contributed by atoms with Crippen LogP contribution in [0.4, 0.5) is 0 Å². The number of rotatable bonds is 8. The van der Waals surface area contributed by atoms with E-state index in [4.69, 9.17) is 14.2 Å². The van der Waals surface area contributed by atoms with E-state index in [0.717, 1.165) is 11.1 Å². The maximum absolute atomic E-state index is 13.3. The van der Waals surface area contributed by atoms with Crippen LogP contribution in [-0.4, -0.2) is 58.2 Å². The Bertz CT molecular complexity index is 914. The van der Waals surface area contributed by atoms with E-state index >= 15 is 0 Å². The maximum Gasteiger partial charge on any atom is 0.254 e. The highest BCUT2D eigenvalue weighted by atomic mass is 16.5. The zero-order valence-electron chi connectivity index (χ0n) is 17.8. The van der Waals surface area contributed by atoms with Crippen molar-refractivity contribution in [3.63, 3.8) is 0 Å². The van der Waals surface area contributed by atoms with Crippen LogP contribution in [0.2, 0.25) is 0 Å². The largest absolute Gasteiger partial charge is 0.493 e. The second kappa shape index (κ2) is 9.63. The van der Waals surface area contributed by atoms with Gasteiger partial charge in [-0.15, -0.1) is 0 Å². The van der Waals surface area contributed by atoms with Gasteiger partial charge in [-0.1, -0.05) is 24.3 Å². The van der Waals surface area contributed by atoms with Gasteiger partial charge in [0.05, 0.1) is 26.2 Å². The smallest absolute Gasteiger partial charge is 0.254 e. The normalized spacial score (nSPS) is 18.0. The van der Waals surface area contributed by atoms with Gasteiger partial charge in [0.25, 0.3) is 5.91 Å². The number of carbonyl (C=O) groups is 2. The average molecular weight is 412 g/mol. The number of hydrogen-bond donors (Lipinski definition) is 1. The van der Waals surface area contributed by atoms with Crippen molar-refractivity contribution in [1.29, 1.82) is 0 Å². The molecule has 2 atom stereocenters. The van der Waals surface area contributed by atoms with E-state index in [1.54, 1.807) is 45.4 Å². The van der Waals surface area contributed by atoms with Crippen molar-refractivity contribution in [3.05, 3.63) is 59.2 Å². The van der Waals surface area contributed by atoms with Crippen LogP contribution in [0.5, 0.6) is 11.5 Å². The first kappa shape index (κ1) is 21.6. The van der Waals surface area contributed by atoms with Crippen LogP contribution in [0.3, 0.4) is 0 Å². The summed E-state index contributed by atoms with van der Waals surface area (Å²) < 4.78 is 15.8. The van der Waals surface area contributed by atoms with Gasteiger partial charge in [0.15, 0.2) is 11.5 Å². The number of nitrogens with one attached hydrogen (secondary N) is 1. The Morgan fingerprint density at radius 1 is 1.07 bits per heavy atom. The highest BCUT2D eigenvalue weighted by Crippen LogP contribution is 2.43. The molecule has 1 aliphatic heterocycles. The fourth-order valence-corrected chi connectivity index (χ4v) is 3.95. The molecule has 2 aromatic rings. The van der Waals surface area contributed by atoms with Crippen LogP contribution in [0, 0.1) is 0 Å². The molecule has 7 heteroatoms. The Morgan fingerprint density at radius 2 is 1.80 bits per heavy atom. The molecule has 0 aromatic heterocycles. The van der Waals surface area contributed by atoms with Crippen LogP contribution in [0.1, 0.15) is 39.9 Å². The predicted octanol–water partition coefficient (Wildman–Crippen LogP) is 2.77. The Kier molecular flexibility index (Phi) is 6.95. The third kappa shape index (κ3) is 4.11. The molecule has 0 saturated heterocycles. The number of benzene rings is 2. The number of hydrogen-bond acceptors (Lipinski definition) is 5. The van der Waals surface area contributed by atoms with E-state index in [9.17, 15) is 9.59 Å². The molecule has 0 radical (unpaired) electrons. The van der Waals surface area contributed by atoms with E-state index in [1.165, 1.54) is 0 Å². The number of amides is 2. The van der Waals surface area contributed by atoms with Crippen LogP contribution >= 0.6 is 0 Å². The number of fused-ring (bicyclic) bond motifs is 1. The summed E-state index contributed by atoms with van der Waals surface area (Å²) in [7, 11) is 6.49. The number of carbonyl (C=O) groups excluding carboxylic acids is 2. The van der Waals surface area contributed by atoms with Gasteiger partial charge in [-0.3, -0.25) is 9.59 Å². The average Bonchev–Trinajstić information content (AvgIpc) is 2.78. The molecule has 160 valence electrons. The predicted molar refractivity (Wildman–Crippen MR) is 113 cm³/mol. The Labute approximate surface area is 176 Å². The van der Waals surface area contributed by atoms with Crippen molar-refractivity contribution in [2.75, 3.05) is 41.5 Å². The summed E-state index contributed by atoms with van der Waals surface area (Å²) in [6.07, 6.45) is 0.715. The van der Waals surface area contributed by atoms with Crippen LogP contribution < -0.4 is 14.8 Å². The summed E-state index contributed by atoms with van der Waals surface area (Å²) in [5.41, 5.74) is 2.08. The number of likely N-dealkylation sites (N-methyl/N-ethyl adjacent to an activating group) is 1. The fraction of sp³-hybridized carbons (Fsp3) is 0.391. The molecule has 0 bridgehead atoms. The number of ether oxygens (including phenoxy) is 3. The first-order valence-corrected chi connectivity index (χ1v) is 9.88. The zero-order chi connectivity index (χ0) is 21.7. The van der Waals surface area contributed by atoms with Crippen molar-refractivity contribution in [1.82, 2.24) is 10.2 Å². The summed E-state index contributed by atoms with van der Waals surface area (Å²) in [6, 6.07) is 12.3. The van der Waals surface area contributed by atoms with Gasteiger partial charge in [-0.05, 0) is 35.7 Å². The number of methoxy groups -OCH3 is 3. The lowest BCUT2D eigenvalue weighted by Gasteiger charge is -2.40. The van der Waals surface area contributed by atoms with E-state index < -0.39 is 12.0 Å². The minimum absolute atomic E-state index is 0.117. The summed E-state index contributed by atoms with van der Waals surface area (Å²) in [4.78, 5) is 28.0. The monoisotopic (exact) mass is 412 g/mol. The minimum atomic E-state index is -0.551. The molecule has 0 unspecified atom stereocenters. The first-order valence-electron chi connectivity index (χ1n) is 9.88. The van der Waals surface area contributed by atoms with Gasteiger partial charge in [-0.25, -0.2) is 0 Å². The fourth-order valence-electron chi connectivity index (χ4n) is 3.95. The van der Waals surface area contributed by atoms with Crippen molar-refractivity contribution < 1.29 is 23.8 Å². The maximum atomic E-state index is 13.3. The Balaban J connectivity index is 2.04. The molecule has 1 heterocycles. The van der Waals surface area contributed by atoms with E-state index in [1.807, 2.05) is 30.3 Å². The van der Waals surface area contributed by atoms with Crippen molar-refractivity contribution in [2.24, 2.45) is 0 Å². The van der Waals surface area contributed by atoms with Gasteiger partial charge >= 0.3 is 0 Å². The standard InChI is InChI=1S/C23H28N2O5/c1-25-21(15-10-11-18(29-3)19(14-15)30-4)20(22(26)24-12-7-13-28-2)16-8-5-6-9-17(16)23(25)27/h5-6,8-11,14,20-21H,7,12-13H2,1-4H3,(H,24,26)/t20-,21-/m0/s1. The van der Waals surface area contributed by atoms with Gasteiger partial charge < -0.3 is 24.4 Å². The second-order valence-electron chi connectivity index (χ2n) is 7.18. The van der Waals surface area contributed by atoms with Gasteiger partial charge in [-0.2, -0.15) is 0 Å². The van der Waals surface area contributed by atoms with Crippen molar-refractivity contribution >= 4 is 11.8 Å². The Morgan fingerprint density at radius 3 is 2.50 bits per heavy atom. The summed E-state index contributed by atoms with van der Waals surface area (Å²) in [5.74, 6) is 0.344. The zero-order valence-corrected chi connectivity index (χ0v) is 17.8. The molecular formula is C23H28N2O5. The molecule has 0 saturated carbocycles. The van der Waals surface area contributed by atoms with Crippen LogP contribution in [-0.2, 0) is 9.53 Å². The molecule has 30 heavy (non-hydrogen) atoms. The molecule has 0 spiro atoms. The van der Waals surface area contributed by atoms with E-state index in [2.05, 4.69) is 5.32 Å². The highest BCUT2D eigenvalue weighted by molar-refractivity contribution is 6.01. The molecule has 2 aromatic carbocycles. The molecule has 1 N–H and O–H groups in total. The molecular weight excluding hydrogens is 384 g/mol. The van der Waals surface area contributed by atoms with Gasteiger partial charge in [0, 0.05) is 32.9 Å². The summed E-state index contributed by atoms with van der Waals surface area (Å²) in [6.45, 7) is 1.07. The molecule has 2 amide bonds. The van der Waals surface area contributed by atoms with Crippen molar-refractivity contribution in [3.8, 4) is 11.5 Å². The summed E-state index contributed by atoms with van der Waals surface area (Å²) >= 11 is 0. The lowest BCUT2D eigenvalue weighted by molar-refractivity contribution is -0.124. The van der Waals surface area contributed by atoms with Crippen LogP contribution in [0.25, 0.3) is 0 Å². The molecule has 1 aliphatic rings. The quantitative estimate of drug-likeness (QED) is 0.675. The SMILES string of the molecule is COCCCNC(=O)[C@H]1c2ccccc2C(=O)N(C)[C@H]1c1ccc(OC)c(OC)c1. The van der Waals surface area contributed by atoms with Gasteiger partial charge in [0.1, 0.15) is 0 Å². The number of nitrogens with zero attached hydrogens (tertiary/aromatic N) is 1. The first-order chi connectivity index (χ1) is 14.5. The molecule has 0 aliphatic carbocycles. The third-order valence-corrected chi connectivity index (χ3v) is 5.44. The van der Waals surface area contributed by atoms with E-state index in [-0.39, 0.29) is 11.8 Å². The lowest BCUT2D eigenvalue weighted by atomic mass is 9.79. The topological polar surface area (TPSA) is 77.1 Å². The van der Waals surface area contributed by atoms with E-state index in [0.29, 0.717) is 36.6 Å². The van der Waals surface area contributed by atoms with Gasteiger partial charge in [0.2, 0.25) is 5.91 Å². The minimum Gasteiger partial charge on any atom is -0.493 e. The third-order valence-electron chi connectivity index (χ3n) is 5.44.